The molecule has 36 heavy (non-hydrogen) atoms. The molecule has 6 atom stereocenters. The number of fused-ring (bicyclic) bond motifs is 4. The Morgan fingerprint density at radius 3 is 2.50 bits per heavy atom. The smallest absolute Gasteiger partial charge is 0.335 e. The molecule has 200 valence electrons. The van der Waals surface area contributed by atoms with E-state index < -0.39 is 51.6 Å². The van der Waals surface area contributed by atoms with Crippen molar-refractivity contribution in [3.63, 3.8) is 0 Å². The van der Waals surface area contributed by atoms with Gasteiger partial charge in [0.1, 0.15) is 18.1 Å². The lowest BCUT2D eigenvalue weighted by atomic mass is 9.84. The first-order chi connectivity index (χ1) is 16.9. The molecule has 2 bridgehead atoms. The van der Waals surface area contributed by atoms with E-state index in [0.717, 1.165) is 32.5 Å². The van der Waals surface area contributed by atoms with Crippen LogP contribution in [0, 0.1) is 5.92 Å². The molecule has 6 N–H and O–H groups in total. The number of halogens is 1. The van der Waals surface area contributed by atoms with E-state index in [1.54, 1.807) is 0 Å². The molecular formula is C19H29ClN6O8P2. The van der Waals surface area contributed by atoms with Crippen LogP contribution in [0.4, 0.5) is 5.82 Å². The number of aliphatic hydroxyl groups excluding tert-OH is 2. The van der Waals surface area contributed by atoms with Crippen LogP contribution in [0.2, 0.25) is 5.28 Å². The molecule has 0 saturated carbocycles. The molecule has 2 aromatic heterocycles. The number of ether oxygens (including phenoxy) is 1. The van der Waals surface area contributed by atoms with Crippen molar-refractivity contribution < 1.29 is 38.8 Å². The number of piperidine rings is 3. The van der Waals surface area contributed by atoms with Crippen LogP contribution < -0.4 is 5.32 Å². The maximum absolute atomic E-state index is 12.2. The first-order valence-corrected chi connectivity index (χ1v) is 15.9. The van der Waals surface area contributed by atoms with Crippen LogP contribution in [0.5, 0.6) is 0 Å². The van der Waals surface area contributed by atoms with Gasteiger partial charge in [0.2, 0.25) is 12.7 Å². The van der Waals surface area contributed by atoms with E-state index in [2.05, 4.69) is 25.2 Å². The molecular weight excluding hydrogens is 538 g/mol. The first kappa shape index (κ1) is 26.4. The molecule has 4 aliphatic heterocycles. The molecule has 0 amide bonds. The molecule has 0 spiro atoms. The molecule has 4 saturated heterocycles. The number of imidazole rings is 1. The van der Waals surface area contributed by atoms with Gasteiger partial charge in [-0.3, -0.25) is 13.7 Å². The molecule has 0 aromatic carbocycles. The van der Waals surface area contributed by atoms with Gasteiger partial charge in [0, 0.05) is 18.7 Å². The van der Waals surface area contributed by atoms with Crippen molar-refractivity contribution in [2.24, 2.45) is 5.92 Å². The Balaban J connectivity index is 1.34. The van der Waals surface area contributed by atoms with Gasteiger partial charge >= 0.3 is 7.60 Å². The standard InChI is InChI=1S/C19H29ClN6O8P2/c20-19-23-16(22-11-7-25-4-1-10(11)2-5-25)13-17(24-19)26(8-21-13)18-15(28)14(27)12(34-18)3-6-35(29,30)9-36(31,32)33/h8,10-12,14-15,18,27-28H,1-7,9H2,(H,29,30)(H,22,23,24)(H2,31,32,33). The summed E-state index contributed by atoms with van der Waals surface area (Å²) in [5.74, 6) is -0.179. The van der Waals surface area contributed by atoms with Gasteiger partial charge in [-0.05, 0) is 49.9 Å². The first-order valence-electron chi connectivity index (χ1n) is 11.7. The molecule has 6 rings (SSSR count). The Bertz CT molecular complexity index is 1220. The number of nitrogens with zero attached hydrogens (tertiary/aromatic N) is 5. The Hall–Kier alpha value is -1.18. The quantitative estimate of drug-likeness (QED) is 0.189. The second-order valence-corrected chi connectivity index (χ2v) is 14.7. The Kier molecular flexibility index (Phi) is 7.23. The minimum Gasteiger partial charge on any atom is -0.388 e. The van der Waals surface area contributed by atoms with E-state index in [-0.39, 0.29) is 23.4 Å². The summed E-state index contributed by atoms with van der Waals surface area (Å²) in [6, 6.07) is 0.189. The zero-order valence-electron chi connectivity index (χ0n) is 19.2. The van der Waals surface area contributed by atoms with Crippen LogP contribution in [0.15, 0.2) is 6.33 Å². The van der Waals surface area contributed by atoms with Gasteiger partial charge in [-0.1, -0.05) is 0 Å². The van der Waals surface area contributed by atoms with Crippen molar-refractivity contribution in [2.45, 2.75) is 49.8 Å². The third-order valence-electron chi connectivity index (χ3n) is 7.15. The molecule has 0 aliphatic carbocycles. The normalized spacial score (nSPS) is 34.2. The maximum atomic E-state index is 12.2. The Labute approximate surface area is 211 Å². The number of nitrogens with one attached hydrogen (secondary N) is 1. The molecule has 6 unspecified atom stereocenters. The summed E-state index contributed by atoms with van der Waals surface area (Å²) < 4.78 is 30.5. The van der Waals surface area contributed by atoms with E-state index in [1.165, 1.54) is 10.9 Å². The van der Waals surface area contributed by atoms with Crippen molar-refractivity contribution >= 4 is 43.5 Å². The minimum atomic E-state index is -4.70. The van der Waals surface area contributed by atoms with Crippen molar-refractivity contribution in [1.29, 1.82) is 0 Å². The molecule has 14 nitrogen and oxygen atoms in total. The van der Waals surface area contributed by atoms with Crippen molar-refractivity contribution in [1.82, 2.24) is 24.4 Å². The van der Waals surface area contributed by atoms with E-state index in [1.807, 2.05) is 0 Å². The number of anilines is 1. The lowest BCUT2D eigenvalue weighted by molar-refractivity contribution is -0.0354. The number of hydrogen-bond acceptors (Lipinski definition) is 10. The van der Waals surface area contributed by atoms with E-state index in [9.17, 15) is 24.2 Å². The Morgan fingerprint density at radius 1 is 1.14 bits per heavy atom. The average Bonchev–Trinajstić information content (AvgIpc) is 3.33. The Morgan fingerprint density at radius 2 is 1.86 bits per heavy atom. The summed E-state index contributed by atoms with van der Waals surface area (Å²) in [6.07, 6.45) is -2.10. The van der Waals surface area contributed by atoms with Gasteiger partial charge in [-0.25, -0.2) is 4.98 Å². The summed E-state index contributed by atoms with van der Waals surface area (Å²) >= 11 is 6.21. The summed E-state index contributed by atoms with van der Waals surface area (Å²) in [7, 11) is -8.87. The highest BCUT2D eigenvalue weighted by Gasteiger charge is 2.45. The monoisotopic (exact) mass is 566 g/mol. The predicted molar refractivity (Wildman–Crippen MR) is 129 cm³/mol. The zero-order chi connectivity index (χ0) is 25.8. The van der Waals surface area contributed by atoms with Crippen LogP contribution in [-0.4, -0.2) is 105 Å². The second kappa shape index (κ2) is 9.85. The topological polar surface area (TPSA) is 203 Å². The predicted octanol–water partition coefficient (Wildman–Crippen LogP) is 0.401. The van der Waals surface area contributed by atoms with Crippen LogP contribution >= 0.6 is 26.6 Å². The average molecular weight is 567 g/mol. The molecule has 2 aromatic rings. The molecule has 0 radical (unpaired) electrons. The van der Waals surface area contributed by atoms with Gasteiger partial charge in [-0.15, -0.1) is 0 Å². The van der Waals surface area contributed by atoms with Crippen molar-refractivity contribution in [2.75, 3.05) is 37.0 Å². The lowest BCUT2D eigenvalue weighted by Crippen LogP contribution is -2.53. The summed E-state index contributed by atoms with van der Waals surface area (Å²) in [4.78, 5) is 43.3. The highest BCUT2D eigenvalue weighted by atomic mass is 35.5. The van der Waals surface area contributed by atoms with E-state index in [4.69, 9.17) is 26.1 Å². The summed E-state index contributed by atoms with van der Waals surface area (Å²) in [5.41, 5.74) is 0.705. The molecule has 4 aliphatic rings. The maximum Gasteiger partial charge on any atom is 0.335 e. The number of aromatic nitrogens is 4. The molecule has 17 heteroatoms. The van der Waals surface area contributed by atoms with Gasteiger partial charge in [0.15, 0.2) is 23.2 Å². The third-order valence-corrected chi connectivity index (χ3v) is 11.5. The van der Waals surface area contributed by atoms with E-state index in [0.29, 0.717) is 17.3 Å². The van der Waals surface area contributed by atoms with Gasteiger partial charge in [0.25, 0.3) is 0 Å². The minimum absolute atomic E-state index is 0.0312. The highest BCUT2D eigenvalue weighted by Crippen LogP contribution is 2.55. The fourth-order valence-electron chi connectivity index (χ4n) is 5.37. The summed E-state index contributed by atoms with van der Waals surface area (Å²) in [6.45, 7) is 3.06. The lowest BCUT2D eigenvalue weighted by Gasteiger charge is -2.45. The number of hydrogen-bond donors (Lipinski definition) is 6. The van der Waals surface area contributed by atoms with E-state index >= 15 is 0 Å². The third kappa shape index (κ3) is 5.49. The second-order valence-electron chi connectivity index (χ2n) is 9.77. The van der Waals surface area contributed by atoms with Crippen molar-refractivity contribution in [3.8, 4) is 0 Å². The van der Waals surface area contributed by atoms with Gasteiger partial charge < -0.3 is 39.8 Å². The van der Waals surface area contributed by atoms with Crippen LogP contribution in [0.3, 0.4) is 0 Å². The van der Waals surface area contributed by atoms with Crippen LogP contribution in [0.1, 0.15) is 25.5 Å². The fraction of sp³-hybridized carbons (Fsp3) is 0.737. The molecule has 6 heterocycles. The number of aliphatic hydroxyl groups is 2. The largest absolute Gasteiger partial charge is 0.388 e. The van der Waals surface area contributed by atoms with Crippen molar-refractivity contribution in [3.05, 3.63) is 11.6 Å². The zero-order valence-corrected chi connectivity index (χ0v) is 21.7. The highest BCUT2D eigenvalue weighted by molar-refractivity contribution is 7.72. The fourth-order valence-corrected chi connectivity index (χ4v) is 9.06. The van der Waals surface area contributed by atoms with Gasteiger partial charge in [-0.2, -0.15) is 9.97 Å². The molecule has 4 fully saturated rings. The number of rotatable bonds is 8. The van der Waals surface area contributed by atoms with Crippen LogP contribution in [-0.2, 0) is 13.9 Å². The van der Waals surface area contributed by atoms with Crippen LogP contribution in [0.25, 0.3) is 11.2 Å². The SMILES string of the molecule is O=P(O)(O)CP(=O)(O)CCC1OC(n2cnc3c(NC4CN5CCC4CC5)nc(Cl)nc32)C(O)C1O. The van der Waals surface area contributed by atoms with Gasteiger partial charge in [0.05, 0.1) is 12.4 Å². The summed E-state index contributed by atoms with van der Waals surface area (Å²) in [5, 5.41) is 24.6.